The van der Waals surface area contributed by atoms with E-state index in [4.69, 9.17) is 4.74 Å². The number of hydrogen-bond donors (Lipinski definition) is 1. The Bertz CT molecular complexity index is 187. The first kappa shape index (κ1) is 14.2. The average Bonchev–Trinajstić information content (AvgIpc) is 2.22. The van der Waals surface area contributed by atoms with E-state index in [1.807, 2.05) is 0 Å². The van der Waals surface area contributed by atoms with Crippen LogP contribution in [0.1, 0.15) is 46.0 Å². The van der Waals surface area contributed by atoms with Crippen LogP contribution in [0, 0.1) is 0 Å². The molecule has 0 aliphatic carbocycles. The van der Waals surface area contributed by atoms with Crippen LogP contribution in [0.3, 0.4) is 0 Å². The molecule has 88 valence electrons. The maximum absolute atomic E-state index is 11.0. The Morgan fingerprint density at radius 2 is 2.07 bits per heavy atom. The highest BCUT2D eigenvalue weighted by molar-refractivity contribution is 5.69. The van der Waals surface area contributed by atoms with E-state index in [9.17, 15) is 9.90 Å². The van der Waals surface area contributed by atoms with Crippen LogP contribution < -0.4 is 0 Å². The summed E-state index contributed by atoms with van der Waals surface area (Å²) in [6.07, 6.45) is 7.18. The molecule has 0 radical (unpaired) electrons. The standard InChI is InChI=1S/C12H22O3/c1-3-5-6-7-8-11(13)9-10-12(14)15-4-2/h5-6,11,13H,3-4,7-10H2,1-2H3/b6-5+. The van der Waals surface area contributed by atoms with Gasteiger partial charge in [0.1, 0.15) is 0 Å². The predicted octanol–water partition coefficient (Wildman–Crippen LogP) is 2.44. The summed E-state index contributed by atoms with van der Waals surface area (Å²) in [6.45, 7) is 4.27. The highest BCUT2D eigenvalue weighted by Crippen LogP contribution is 2.06. The SMILES string of the molecule is CC/C=C/CCC(O)CCC(=O)OCC. The van der Waals surface area contributed by atoms with Crippen molar-refractivity contribution in [3.8, 4) is 0 Å². The van der Waals surface area contributed by atoms with Gasteiger partial charge in [-0.05, 0) is 32.6 Å². The topological polar surface area (TPSA) is 46.5 Å². The Labute approximate surface area is 92.1 Å². The van der Waals surface area contributed by atoms with Gasteiger partial charge in [0, 0.05) is 6.42 Å². The zero-order chi connectivity index (χ0) is 11.5. The second-order valence-electron chi connectivity index (χ2n) is 3.45. The Balaban J connectivity index is 3.44. The second kappa shape index (κ2) is 9.71. The summed E-state index contributed by atoms with van der Waals surface area (Å²) in [6, 6.07) is 0. The van der Waals surface area contributed by atoms with Crippen molar-refractivity contribution in [3.05, 3.63) is 12.2 Å². The van der Waals surface area contributed by atoms with E-state index >= 15 is 0 Å². The highest BCUT2D eigenvalue weighted by Gasteiger charge is 2.07. The number of rotatable bonds is 8. The Morgan fingerprint density at radius 3 is 2.67 bits per heavy atom. The molecule has 0 fully saturated rings. The lowest BCUT2D eigenvalue weighted by molar-refractivity contribution is -0.143. The molecule has 0 aliphatic heterocycles. The summed E-state index contributed by atoms with van der Waals surface area (Å²) in [5, 5.41) is 9.52. The first-order valence-corrected chi connectivity index (χ1v) is 5.69. The van der Waals surface area contributed by atoms with Crippen LogP contribution in [0.5, 0.6) is 0 Å². The summed E-state index contributed by atoms with van der Waals surface area (Å²) in [5.41, 5.74) is 0. The molecule has 1 unspecified atom stereocenters. The zero-order valence-corrected chi connectivity index (χ0v) is 9.74. The number of hydrogen-bond acceptors (Lipinski definition) is 3. The number of carbonyl (C=O) groups excluding carboxylic acids is 1. The number of esters is 1. The lowest BCUT2D eigenvalue weighted by Gasteiger charge is -2.08. The van der Waals surface area contributed by atoms with Crippen LogP contribution >= 0.6 is 0 Å². The van der Waals surface area contributed by atoms with Crippen molar-refractivity contribution in [2.45, 2.75) is 52.1 Å². The molecule has 15 heavy (non-hydrogen) atoms. The molecule has 0 spiro atoms. The van der Waals surface area contributed by atoms with Gasteiger partial charge in [0.15, 0.2) is 0 Å². The van der Waals surface area contributed by atoms with Crippen molar-refractivity contribution in [3.63, 3.8) is 0 Å². The van der Waals surface area contributed by atoms with E-state index in [0.717, 1.165) is 19.3 Å². The Kier molecular flexibility index (Phi) is 9.18. The molecule has 0 bridgehead atoms. The smallest absolute Gasteiger partial charge is 0.305 e. The van der Waals surface area contributed by atoms with Gasteiger partial charge in [0.25, 0.3) is 0 Å². The number of aliphatic hydroxyl groups is 1. The summed E-state index contributed by atoms with van der Waals surface area (Å²) < 4.78 is 4.77. The van der Waals surface area contributed by atoms with Gasteiger partial charge in [0.05, 0.1) is 12.7 Å². The van der Waals surface area contributed by atoms with Gasteiger partial charge < -0.3 is 9.84 Å². The van der Waals surface area contributed by atoms with E-state index in [1.54, 1.807) is 6.92 Å². The minimum atomic E-state index is -0.393. The number of carbonyl (C=O) groups is 1. The molecule has 0 heterocycles. The largest absolute Gasteiger partial charge is 0.466 e. The third-order valence-electron chi connectivity index (χ3n) is 2.06. The van der Waals surface area contributed by atoms with Crippen LogP contribution in [0.25, 0.3) is 0 Å². The van der Waals surface area contributed by atoms with Gasteiger partial charge in [-0.25, -0.2) is 0 Å². The molecule has 1 atom stereocenters. The van der Waals surface area contributed by atoms with Crippen molar-refractivity contribution in [1.82, 2.24) is 0 Å². The van der Waals surface area contributed by atoms with E-state index in [-0.39, 0.29) is 5.97 Å². The third kappa shape index (κ3) is 9.47. The molecule has 3 heteroatoms. The predicted molar refractivity (Wildman–Crippen MR) is 60.5 cm³/mol. The molecule has 0 saturated carbocycles. The van der Waals surface area contributed by atoms with Crippen molar-refractivity contribution < 1.29 is 14.6 Å². The minimum Gasteiger partial charge on any atom is -0.466 e. The van der Waals surface area contributed by atoms with E-state index in [2.05, 4.69) is 19.1 Å². The summed E-state index contributed by atoms with van der Waals surface area (Å²) >= 11 is 0. The van der Waals surface area contributed by atoms with Crippen molar-refractivity contribution in [1.29, 1.82) is 0 Å². The average molecular weight is 214 g/mol. The number of aliphatic hydroxyl groups excluding tert-OH is 1. The van der Waals surface area contributed by atoms with Crippen LogP contribution in [0.4, 0.5) is 0 Å². The summed E-state index contributed by atoms with van der Waals surface area (Å²) in [7, 11) is 0. The molecule has 0 aliphatic rings. The Morgan fingerprint density at radius 1 is 1.33 bits per heavy atom. The quantitative estimate of drug-likeness (QED) is 0.498. The fraction of sp³-hybridized carbons (Fsp3) is 0.750. The molecule has 3 nitrogen and oxygen atoms in total. The van der Waals surface area contributed by atoms with Crippen molar-refractivity contribution in [2.24, 2.45) is 0 Å². The van der Waals surface area contributed by atoms with Crippen LogP contribution in [-0.2, 0) is 9.53 Å². The molecule has 0 aromatic rings. The van der Waals surface area contributed by atoms with Crippen molar-refractivity contribution in [2.75, 3.05) is 6.61 Å². The number of ether oxygens (including phenoxy) is 1. The zero-order valence-electron chi connectivity index (χ0n) is 9.74. The molecule has 0 rings (SSSR count). The van der Waals surface area contributed by atoms with Gasteiger partial charge in [-0.2, -0.15) is 0 Å². The van der Waals surface area contributed by atoms with E-state index in [0.29, 0.717) is 19.4 Å². The normalized spacial score (nSPS) is 13.0. The fourth-order valence-electron chi connectivity index (χ4n) is 1.24. The van der Waals surface area contributed by atoms with Crippen LogP contribution in [0.2, 0.25) is 0 Å². The molecular formula is C12H22O3. The molecule has 0 amide bonds. The maximum atomic E-state index is 11.0. The monoisotopic (exact) mass is 214 g/mol. The molecule has 0 aromatic heterocycles. The maximum Gasteiger partial charge on any atom is 0.305 e. The van der Waals surface area contributed by atoms with Crippen molar-refractivity contribution >= 4 is 5.97 Å². The fourth-order valence-corrected chi connectivity index (χ4v) is 1.24. The first-order valence-electron chi connectivity index (χ1n) is 5.69. The lowest BCUT2D eigenvalue weighted by atomic mass is 10.1. The first-order chi connectivity index (χ1) is 7.20. The molecule has 1 N–H and O–H groups in total. The van der Waals surface area contributed by atoms with E-state index < -0.39 is 6.10 Å². The van der Waals surface area contributed by atoms with Gasteiger partial charge >= 0.3 is 5.97 Å². The lowest BCUT2D eigenvalue weighted by Crippen LogP contribution is -2.11. The van der Waals surface area contributed by atoms with Gasteiger partial charge in [-0.15, -0.1) is 0 Å². The highest BCUT2D eigenvalue weighted by atomic mass is 16.5. The summed E-state index contributed by atoms with van der Waals surface area (Å²) in [5.74, 6) is -0.222. The second-order valence-corrected chi connectivity index (χ2v) is 3.45. The van der Waals surface area contributed by atoms with Gasteiger partial charge in [-0.1, -0.05) is 19.1 Å². The van der Waals surface area contributed by atoms with Gasteiger partial charge in [0.2, 0.25) is 0 Å². The molecular weight excluding hydrogens is 192 g/mol. The Hall–Kier alpha value is -0.830. The van der Waals surface area contributed by atoms with Crippen LogP contribution in [0.15, 0.2) is 12.2 Å². The molecule has 0 saturated heterocycles. The van der Waals surface area contributed by atoms with E-state index in [1.165, 1.54) is 0 Å². The number of allylic oxidation sites excluding steroid dienone is 2. The minimum absolute atomic E-state index is 0.222. The molecule has 0 aromatic carbocycles. The van der Waals surface area contributed by atoms with Crippen LogP contribution in [-0.4, -0.2) is 23.8 Å². The summed E-state index contributed by atoms with van der Waals surface area (Å²) in [4.78, 5) is 11.0. The third-order valence-corrected chi connectivity index (χ3v) is 2.06. The van der Waals surface area contributed by atoms with Gasteiger partial charge in [-0.3, -0.25) is 4.79 Å².